The number of hydrogen-bond donors (Lipinski definition) is 3. The molecule has 13 atom stereocenters. The average molecular weight is 1580 g/mol. The van der Waals surface area contributed by atoms with Crippen molar-refractivity contribution in [2.24, 2.45) is 40.9 Å². The standard InChI is InChI=1S/C78H124F6N12O15/c1-16-47(5)64-72(106)89(9)43-63(99)90(10)55-25-21-20-22-36-95(71(55)105)58(37-48-26-30-51(31-27-48)77(79,80)81)69(103)88(8)42-61(97)85-54(33-29-49-28-32-53(78(82,83)84)60(38-49)110-15)68(102)96-41-52(111-19-4)39-56(96)67(101)87-76(45-75(6,7)46-76)74(108)93(13)65(50(17-2)18-3)73(107)92(12)57(70(104)94-34-23-24-35-94)40-62(98)91(11)59(44-109-14)66(100)86-64/h20-21,47-60,64-65H,16-19,22-46H2,1-15H3,(H,85,97)(H,86,100)(H,87,101)/b21-20-/t47-,48?,49?,51?,52+,53?,54-,55-,56-,57-,58-,59-,60?,64-,65-/m0/s1. The number of nitrogens with one attached hydrogen (secondary N) is 3. The van der Waals surface area contributed by atoms with Crippen LogP contribution >= 0.6 is 0 Å². The van der Waals surface area contributed by atoms with Crippen molar-refractivity contribution in [3.63, 3.8) is 0 Å². The van der Waals surface area contributed by atoms with Crippen molar-refractivity contribution in [3.8, 4) is 0 Å². The van der Waals surface area contributed by atoms with Gasteiger partial charge in [-0.15, -0.1) is 0 Å². The summed E-state index contributed by atoms with van der Waals surface area (Å²) in [5.41, 5.74) is -2.30. The fourth-order valence-electron chi connectivity index (χ4n) is 18.1. The number of halogens is 6. The molecule has 27 nitrogen and oxygen atoms in total. The van der Waals surface area contributed by atoms with Gasteiger partial charge in [-0.3, -0.25) is 57.5 Å². The van der Waals surface area contributed by atoms with E-state index in [-0.39, 0.29) is 116 Å². The first-order valence-corrected chi connectivity index (χ1v) is 39.9. The minimum Gasteiger partial charge on any atom is -0.382 e. The number of amides is 12. The van der Waals surface area contributed by atoms with Crippen LogP contribution in [0, 0.1) is 40.9 Å². The number of hydrogen-bond acceptors (Lipinski definition) is 15. The second-order valence-electron chi connectivity index (χ2n) is 33.1. The topological polar surface area (TPSA) is 298 Å². The summed E-state index contributed by atoms with van der Waals surface area (Å²) < 4.78 is 103. The predicted molar refractivity (Wildman–Crippen MR) is 398 cm³/mol. The Labute approximate surface area is 650 Å². The van der Waals surface area contributed by atoms with Crippen LogP contribution in [0.2, 0.25) is 0 Å². The molecule has 1 spiro atoms. The number of methoxy groups -OCH3 is 2. The van der Waals surface area contributed by atoms with E-state index in [2.05, 4.69) is 16.0 Å². The Kier molecular flexibility index (Phi) is 32.2. The minimum atomic E-state index is -4.57. The highest BCUT2D eigenvalue weighted by molar-refractivity contribution is 6.01. The second-order valence-corrected chi connectivity index (χ2v) is 33.1. The Morgan fingerprint density at radius 1 is 0.631 bits per heavy atom. The number of fused-ring (bicyclic) bond motifs is 3. The van der Waals surface area contributed by atoms with E-state index in [9.17, 15) is 50.3 Å². The highest BCUT2D eigenvalue weighted by Crippen LogP contribution is 2.50. The monoisotopic (exact) mass is 1580 g/mol. The fraction of sp³-hybridized carbons (Fsp3) is 0.821. The first-order chi connectivity index (χ1) is 52.1. The lowest BCUT2D eigenvalue weighted by atomic mass is 9.58. The summed E-state index contributed by atoms with van der Waals surface area (Å²) in [6.07, 6.45) is -6.93. The van der Waals surface area contributed by atoms with Crippen LogP contribution in [0.4, 0.5) is 26.3 Å². The molecule has 4 aliphatic heterocycles. The van der Waals surface area contributed by atoms with Gasteiger partial charge in [-0.05, 0) is 139 Å². The van der Waals surface area contributed by atoms with Gasteiger partial charge < -0.3 is 74.3 Å². The molecule has 111 heavy (non-hydrogen) atoms. The smallest absolute Gasteiger partial charge is 0.382 e. The highest BCUT2D eigenvalue weighted by Gasteiger charge is 2.60. The normalized spacial score (nSPS) is 31.1. The molecule has 7 rings (SSSR count). The van der Waals surface area contributed by atoms with Gasteiger partial charge in [0.15, 0.2) is 0 Å². The van der Waals surface area contributed by atoms with Gasteiger partial charge in [0.2, 0.25) is 70.9 Å². The Morgan fingerprint density at radius 3 is 1.84 bits per heavy atom. The minimum absolute atomic E-state index is 0.0279. The largest absolute Gasteiger partial charge is 0.394 e. The molecule has 6 fully saturated rings. The molecule has 3 unspecified atom stereocenters. The van der Waals surface area contributed by atoms with Gasteiger partial charge in [-0.25, -0.2) is 0 Å². The Bertz CT molecular complexity index is 3300. The Balaban J connectivity index is 1.35. The van der Waals surface area contributed by atoms with E-state index in [1.54, 1.807) is 37.8 Å². The van der Waals surface area contributed by atoms with Crippen LogP contribution in [0.5, 0.6) is 0 Å². The zero-order valence-electron chi connectivity index (χ0n) is 67.8. The highest BCUT2D eigenvalue weighted by atomic mass is 19.4. The number of likely N-dealkylation sites (N-methyl/N-ethyl adjacent to an activating group) is 6. The van der Waals surface area contributed by atoms with Crippen molar-refractivity contribution in [3.05, 3.63) is 12.2 Å². The van der Waals surface area contributed by atoms with Gasteiger partial charge in [0.05, 0.1) is 50.2 Å². The molecule has 12 amide bonds. The van der Waals surface area contributed by atoms with Gasteiger partial charge in [0.1, 0.15) is 53.9 Å². The van der Waals surface area contributed by atoms with Crippen LogP contribution in [0.1, 0.15) is 183 Å². The molecule has 2 bridgehead atoms. The lowest BCUT2D eigenvalue weighted by Gasteiger charge is -2.54. The third-order valence-corrected chi connectivity index (χ3v) is 24.9. The third kappa shape index (κ3) is 22.2. The summed E-state index contributed by atoms with van der Waals surface area (Å²) >= 11 is 0. The molecule has 0 radical (unpaired) electrons. The van der Waals surface area contributed by atoms with Crippen LogP contribution in [-0.4, -0.2) is 302 Å². The molecule has 0 aromatic heterocycles. The van der Waals surface area contributed by atoms with E-state index in [4.69, 9.17) is 14.2 Å². The van der Waals surface area contributed by atoms with Crippen molar-refractivity contribution < 1.29 is 98.1 Å². The molecule has 4 heterocycles. The summed E-state index contributed by atoms with van der Waals surface area (Å²) in [6, 6.07) is -11.3. The maximum atomic E-state index is 15.9. The fourth-order valence-corrected chi connectivity index (χ4v) is 18.1. The number of carbonyl (C=O) groups excluding carboxylic acids is 12. The Hall–Kier alpha value is -7.16. The summed E-state index contributed by atoms with van der Waals surface area (Å²) in [5, 5.41) is 8.64. The molecule has 3 aliphatic carbocycles. The van der Waals surface area contributed by atoms with E-state index >= 15 is 33.6 Å². The second kappa shape index (κ2) is 39.3. The van der Waals surface area contributed by atoms with Crippen LogP contribution in [-0.2, 0) is 71.7 Å². The molecular formula is C78H124F6N12O15. The first-order valence-electron chi connectivity index (χ1n) is 39.9. The van der Waals surface area contributed by atoms with Gasteiger partial charge >= 0.3 is 12.4 Å². The Morgan fingerprint density at radius 2 is 1.26 bits per heavy atom. The van der Waals surface area contributed by atoms with E-state index in [1.807, 2.05) is 27.7 Å². The molecule has 628 valence electrons. The molecule has 0 aromatic rings. The average Bonchev–Trinajstić information content (AvgIpc) is 1.28. The number of rotatable bonds is 16. The van der Waals surface area contributed by atoms with Crippen molar-refractivity contribution in [1.29, 1.82) is 0 Å². The van der Waals surface area contributed by atoms with Crippen LogP contribution < -0.4 is 16.0 Å². The van der Waals surface area contributed by atoms with Crippen molar-refractivity contribution in [2.45, 2.75) is 262 Å². The van der Waals surface area contributed by atoms with Gasteiger partial charge in [0.25, 0.3) is 0 Å². The van der Waals surface area contributed by atoms with Crippen molar-refractivity contribution in [2.75, 3.05) is 109 Å². The van der Waals surface area contributed by atoms with Crippen LogP contribution in [0.25, 0.3) is 0 Å². The zero-order chi connectivity index (χ0) is 82.5. The SMILES string of the molecule is CCO[C@@H]1C[C@H]2C(=O)NC3(CC(C)(C)C3)C(=O)N(C)[C@@H](C(CC)CC)C(=O)N(C)[C@H](C(=O)N3CCCC3)CC(=O)N(C)[C@@H](COC)C(=O)N[C@@H]([C@@H](C)CC)C(=O)N(C)CC(=O)N(C)[C@H]3C/C=C\CCN(C3=O)[C@@H](CC3CCC(C(F)(F)F)CC3)C(=O)N(C)CC(=O)N[C@@H](CCC3CCC(C(F)(F)F)C(OC)C3)C(=O)N2C1. The van der Waals surface area contributed by atoms with Crippen molar-refractivity contribution in [1.82, 2.24) is 60.0 Å². The van der Waals surface area contributed by atoms with Gasteiger partial charge in [-0.1, -0.05) is 73.0 Å². The van der Waals surface area contributed by atoms with Crippen LogP contribution in [0.3, 0.4) is 0 Å². The lowest BCUT2D eigenvalue weighted by Crippen LogP contribution is -2.71. The maximum absolute atomic E-state index is 15.9. The molecule has 0 aromatic carbocycles. The number of alkyl halides is 6. The molecule has 7 aliphatic rings. The molecular weight excluding hydrogens is 1460 g/mol. The van der Waals surface area contributed by atoms with Gasteiger partial charge in [-0.2, -0.15) is 26.3 Å². The predicted octanol–water partition coefficient (Wildman–Crippen LogP) is 6.10. The van der Waals surface area contributed by atoms with E-state index in [0.29, 0.717) is 45.2 Å². The third-order valence-electron chi connectivity index (χ3n) is 24.9. The summed E-state index contributed by atoms with van der Waals surface area (Å²) in [7, 11) is 10.6. The summed E-state index contributed by atoms with van der Waals surface area (Å²) in [5.74, 6) is -14.6. The quantitative estimate of drug-likeness (QED) is 0.116. The molecule has 33 heteroatoms. The van der Waals surface area contributed by atoms with Gasteiger partial charge in [0, 0.05) is 95.7 Å². The molecule has 3 saturated heterocycles. The van der Waals surface area contributed by atoms with Crippen LogP contribution in [0.15, 0.2) is 12.2 Å². The zero-order valence-corrected chi connectivity index (χ0v) is 67.8. The van der Waals surface area contributed by atoms with E-state index < -0.39 is 216 Å². The number of likely N-dealkylation sites (tertiary alicyclic amines) is 1. The first kappa shape index (κ1) is 91.0. The molecule has 3 N–H and O–H groups in total. The number of ether oxygens (including phenoxy) is 3. The number of nitrogens with zero attached hydrogens (tertiary/aromatic N) is 9. The maximum Gasteiger partial charge on any atom is 0.394 e. The summed E-state index contributed by atoms with van der Waals surface area (Å²) in [6.45, 7) is 11.2. The van der Waals surface area contributed by atoms with E-state index in [1.165, 1.54) is 76.1 Å². The summed E-state index contributed by atoms with van der Waals surface area (Å²) in [4.78, 5) is 194. The number of carbonyl (C=O) groups is 12. The molecule has 3 saturated carbocycles. The lowest BCUT2D eigenvalue weighted by molar-refractivity contribution is -0.215. The van der Waals surface area contributed by atoms with Crippen molar-refractivity contribution >= 4 is 70.9 Å². The van der Waals surface area contributed by atoms with E-state index in [0.717, 1.165) is 19.6 Å².